The molecule has 5 heteroatoms. The van der Waals surface area contributed by atoms with E-state index < -0.39 is 0 Å². The molecule has 18 heavy (non-hydrogen) atoms. The molecule has 0 unspecified atom stereocenters. The zero-order valence-corrected chi connectivity index (χ0v) is 12.1. The summed E-state index contributed by atoms with van der Waals surface area (Å²) in [5.41, 5.74) is 0. The Labute approximate surface area is 113 Å². The summed E-state index contributed by atoms with van der Waals surface area (Å²) in [5, 5.41) is 3.31. The van der Waals surface area contributed by atoms with E-state index in [1.54, 1.807) is 18.4 Å². The topological polar surface area (TPSA) is 39.7 Å². The van der Waals surface area contributed by atoms with E-state index in [-0.39, 0.29) is 0 Å². The third-order valence-electron chi connectivity index (χ3n) is 2.31. The van der Waals surface area contributed by atoms with Crippen molar-refractivity contribution >= 4 is 11.3 Å². The summed E-state index contributed by atoms with van der Waals surface area (Å²) in [5.74, 6) is 0. The fraction of sp³-hybridized carbons (Fsp3) is 0.692. The standard InChI is InChI=1S/C13H23NO3S/c1-3-14-10-12-4-5-13(18-12)11-17-9-8-16-7-6-15-2/h4-5,14H,3,6-11H2,1-2H3. The minimum Gasteiger partial charge on any atom is -0.382 e. The van der Waals surface area contributed by atoms with Gasteiger partial charge in [0.25, 0.3) is 0 Å². The first-order valence-electron chi connectivity index (χ1n) is 6.29. The molecule has 1 aromatic rings. The normalized spacial score (nSPS) is 11.0. The Morgan fingerprint density at radius 1 is 1.06 bits per heavy atom. The zero-order chi connectivity index (χ0) is 13.1. The highest BCUT2D eigenvalue weighted by molar-refractivity contribution is 7.11. The van der Waals surface area contributed by atoms with Crippen LogP contribution in [0.4, 0.5) is 0 Å². The van der Waals surface area contributed by atoms with Crippen LogP contribution in [0, 0.1) is 0 Å². The van der Waals surface area contributed by atoms with Crippen LogP contribution in [0.2, 0.25) is 0 Å². The molecule has 0 saturated carbocycles. The summed E-state index contributed by atoms with van der Waals surface area (Å²) in [6, 6.07) is 4.28. The molecule has 0 spiro atoms. The smallest absolute Gasteiger partial charge is 0.0810 e. The predicted octanol–water partition coefficient (Wildman–Crippen LogP) is 2.04. The van der Waals surface area contributed by atoms with E-state index in [1.165, 1.54) is 9.75 Å². The summed E-state index contributed by atoms with van der Waals surface area (Å²) in [6.45, 7) is 7.25. The number of hydrogen-bond donors (Lipinski definition) is 1. The second kappa shape index (κ2) is 10.5. The highest BCUT2D eigenvalue weighted by Gasteiger charge is 1.99. The van der Waals surface area contributed by atoms with Crippen molar-refractivity contribution in [3.63, 3.8) is 0 Å². The molecular weight excluding hydrogens is 250 g/mol. The van der Waals surface area contributed by atoms with E-state index >= 15 is 0 Å². The molecule has 1 rings (SSSR count). The third kappa shape index (κ3) is 7.08. The summed E-state index contributed by atoms with van der Waals surface area (Å²) in [4.78, 5) is 2.62. The van der Waals surface area contributed by atoms with E-state index in [1.807, 2.05) is 0 Å². The number of hydrogen-bond acceptors (Lipinski definition) is 5. The van der Waals surface area contributed by atoms with Crippen molar-refractivity contribution in [1.82, 2.24) is 5.32 Å². The maximum atomic E-state index is 5.54. The molecule has 0 bridgehead atoms. The molecule has 0 amide bonds. The maximum Gasteiger partial charge on any atom is 0.0810 e. The van der Waals surface area contributed by atoms with Crippen molar-refractivity contribution in [3.8, 4) is 0 Å². The molecule has 1 N–H and O–H groups in total. The quantitative estimate of drug-likeness (QED) is 0.626. The van der Waals surface area contributed by atoms with Crippen LogP contribution in [0.5, 0.6) is 0 Å². The molecular formula is C13H23NO3S. The van der Waals surface area contributed by atoms with Crippen molar-refractivity contribution in [2.75, 3.05) is 40.1 Å². The lowest BCUT2D eigenvalue weighted by Crippen LogP contribution is -2.10. The highest BCUT2D eigenvalue weighted by atomic mass is 32.1. The van der Waals surface area contributed by atoms with Gasteiger partial charge < -0.3 is 19.5 Å². The molecule has 0 aliphatic heterocycles. The van der Waals surface area contributed by atoms with Gasteiger partial charge in [-0.1, -0.05) is 6.92 Å². The predicted molar refractivity (Wildman–Crippen MR) is 74.1 cm³/mol. The third-order valence-corrected chi connectivity index (χ3v) is 3.37. The number of thiophene rings is 1. The molecule has 0 saturated heterocycles. The Morgan fingerprint density at radius 2 is 1.78 bits per heavy atom. The minimum absolute atomic E-state index is 0.624. The average molecular weight is 273 g/mol. The lowest BCUT2D eigenvalue weighted by molar-refractivity contribution is 0.0205. The van der Waals surface area contributed by atoms with Gasteiger partial charge in [0.1, 0.15) is 0 Å². The van der Waals surface area contributed by atoms with Crippen LogP contribution in [0.15, 0.2) is 12.1 Å². The van der Waals surface area contributed by atoms with E-state index in [9.17, 15) is 0 Å². The van der Waals surface area contributed by atoms with Crippen LogP contribution < -0.4 is 5.32 Å². The fourth-order valence-electron chi connectivity index (χ4n) is 1.38. The Bertz CT molecular complexity index is 304. The minimum atomic E-state index is 0.624. The first-order valence-corrected chi connectivity index (χ1v) is 7.11. The lowest BCUT2D eigenvalue weighted by atomic mass is 10.4. The molecule has 1 aromatic heterocycles. The van der Waals surface area contributed by atoms with Gasteiger partial charge in [-0.05, 0) is 18.7 Å². The molecule has 0 aliphatic carbocycles. The number of rotatable bonds is 11. The second-order valence-electron chi connectivity index (χ2n) is 3.81. The van der Waals surface area contributed by atoms with Crippen LogP contribution in [0.25, 0.3) is 0 Å². The van der Waals surface area contributed by atoms with Gasteiger partial charge in [0.15, 0.2) is 0 Å². The van der Waals surface area contributed by atoms with Crippen molar-refractivity contribution in [3.05, 3.63) is 21.9 Å². The van der Waals surface area contributed by atoms with Crippen LogP contribution in [0.1, 0.15) is 16.7 Å². The molecule has 0 aromatic carbocycles. The Kier molecular flexibility index (Phi) is 9.06. The zero-order valence-electron chi connectivity index (χ0n) is 11.2. The van der Waals surface area contributed by atoms with Gasteiger partial charge in [-0.15, -0.1) is 11.3 Å². The number of ether oxygens (including phenoxy) is 3. The maximum absolute atomic E-state index is 5.54. The first kappa shape index (κ1) is 15.6. The van der Waals surface area contributed by atoms with Crippen molar-refractivity contribution in [1.29, 1.82) is 0 Å². The first-order chi connectivity index (χ1) is 8.86. The second-order valence-corrected chi connectivity index (χ2v) is 5.06. The van der Waals surface area contributed by atoms with E-state index in [4.69, 9.17) is 14.2 Å². The summed E-state index contributed by atoms with van der Waals surface area (Å²) in [6.07, 6.45) is 0. The summed E-state index contributed by atoms with van der Waals surface area (Å²) >= 11 is 1.80. The number of nitrogens with one attached hydrogen (secondary N) is 1. The lowest BCUT2D eigenvalue weighted by Gasteiger charge is -2.04. The van der Waals surface area contributed by atoms with E-state index in [0.717, 1.165) is 13.1 Å². The molecule has 0 aliphatic rings. The highest BCUT2D eigenvalue weighted by Crippen LogP contribution is 2.17. The molecule has 1 heterocycles. The molecule has 104 valence electrons. The van der Waals surface area contributed by atoms with Gasteiger partial charge in [-0.25, -0.2) is 0 Å². The van der Waals surface area contributed by atoms with E-state index in [2.05, 4.69) is 24.4 Å². The van der Waals surface area contributed by atoms with Gasteiger partial charge in [0, 0.05) is 23.4 Å². The van der Waals surface area contributed by atoms with Crippen LogP contribution in [-0.4, -0.2) is 40.1 Å². The summed E-state index contributed by atoms with van der Waals surface area (Å²) in [7, 11) is 1.67. The van der Waals surface area contributed by atoms with Crippen molar-refractivity contribution < 1.29 is 14.2 Å². The molecule has 0 radical (unpaired) electrons. The molecule has 0 fully saturated rings. The van der Waals surface area contributed by atoms with Gasteiger partial charge >= 0.3 is 0 Å². The fourth-order valence-corrected chi connectivity index (χ4v) is 2.30. The van der Waals surface area contributed by atoms with Gasteiger partial charge in [-0.3, -0.25) is 0 Å². The number of methoxy groups -OCH3 is 1. The van der Waals surface area contributed by atoms with Crippen molar-refractivity contribution in [2.45, 2.75) is 20.1 Å². The Morgan fingerprint density at radius 3 is 2.56 bits per heavy atom. The van der Waals surface area contributed by atoms with Gasteiger partial charge in [-0.2, -0.15) is 0 Å². The SMILES string of the molecule is CCNCc1ccc(COCCOCCOC)s1. The Hall–Kier alpha value is -0.460. The average Bonchev–Trinajstić information content (AvgIpc) is 2.83. The molecule has 0 atom stereocenters. The van der Waals surface area contributed by atoms with E-state index in [0.29, 0.717) is 33.0 Å². The van der Waals surface area contributed by atoms with Gasteiger partial charge in [0.2, 0.25) is 0 Å². The van der Waals surface area contributed by atoms with Crippen LogP contribution in [0.3, 0.4) is 0 Å². The Balaban J connectivity index is 2.03. The largest absolute Gasteiger partial charge is 0.382 e. The monoisotopic (exact) mass is 273 g/mol. The summed E-state index contributed by atoms with van der Waals surface area (Å²) < 4.78 is 15.7. The van der Waals surface area contributed by atoms with Crippen molar-refractivity contribution in [2.24, 2.45) is 0 Å². The van der Waals surface area contributed by atoms with Crippen LogP contribution >= 0.6 is 11.3 Å². The van der Waals surface area contributed by atoms with Crippen LogP contribution in [-0.2, 0) is 27.4 Å². The van der Waals surface area contributed by atoms with Gasteiger partial charge in [0.05, 0.1) is 33.0 Å². The molecule has 4 nitrogen and oxygen atoms in total.